The zero-order valence-electron chi connectivity index (χ0n) is 18.5. The molecule has 0 aliphatic rings. The summed E-state index contributed by atoms with van der Waals surface area (Å²) in [5, 5.41) is 0. The lowest BCUT2D eigenvalue weighted by Crippen LogP contribution is -2.27. The van der Waals surface area contributed by atoms with Crippen molar-refractivity contribution < 1.29 is 9.53 Å². The molecule has 0 fully saturated rings. The van der Waals surface area contributed by atoms with E-state index >= 15 is 0 Å². The number of nitrogens with zero attached hydrogens (tertiary/aromatic N) is 1. The average molecular weight is 412 g/mol. The van der Waals surface area contributed by atoms with Crippen molar-refractivity contribution in [2.24, 2.45) is 0 Å². The summed E-state index contributed by atoms with van der Waals surface area (Å²) >= 11 is 0. The summed E-state index contributed by atoms with van der Waals surface area (Å²) in [6.07, 6.45) is 7.13. The molecule has 0 saturated carbocycles. The van der Waals surface area contributed by atoms with Crippen molar-refractivity contribution >= 4 is 17.2 Å². The Bertz CT molecular complexity index is 784. The van der Waals surface area contributed by atoms with Crippen LogP contribution in [0.4, 0.5) is 11.4 Å². The molecule has 2 rings (SSSR count). The summed E-state index contributed by atoms with van der Waals surface area (Å²) in [7, 11) is 0. The molecule has 0 unspecified atom stereocenters. The number of nitrogen functional groups attached to an aromatic ring is 2. The molecular weight excluding hydrogens is 374 g/mol. The first-order valence-corrected chi connectivity index (χ1v) is 11.2. The van der Waals surface area contributed by atoms with Crippen molar-refractivity contribution in [1.29, 1.82) is 0 Å². The molecule has 5 heteroatoms. The highest BCUT2D eigenvalue weighted by molar-refractivity contribution is 6.10. The fourth-order valence-corrected chi connectivity index (χ4v) is 3.34. The number of hydrogen-bond donors (Lipinski definition) is 2. The summed E-state index contributed by atoms with van der Waals surface area (Å²) in [6.45, 7) is 8.65. The maximum atomic E-state index is 12.7. The number of hydrogen-bond acceptors (Lipinski definition) is 5. The monoisotopic (exact) mass is 411 g/mol. The van der Waals surface area contributed by atoms with Gasteiger partial charge in [-0.25, -0.2) is 0 Å². The number of unbranched alkanes of at least 4 members (excludes halogenated alkanes) is 3. The summed E-state index contributed by atoms with van der Waals surface area (Å²) in [6, 6.07) is 12.3. The van der Waals surface area contributed by atoms with Gasteiger partial charge in [0.2, 0.25) is 0 Å². The summed E-state index contributed by atoms with van der Waals surface area (Å²) in [5.74, 6) is 0.632. The van der Waals surface area contributed by atoms with Crippen LogP contribution in [0.25, 0.3) is 0 Å². The topological polar surface area (TPSA) is 81.6 Å². The standard InChI is InChI=1S/C25H37N3O2/c1-3-5-14-28(15-6-4-2)16-7-8-17-30-22-11-9-10-20(18-22)25(29)21-12-13-23(26)24(27)19-21/h9-13,18-19H,3-8,14-17,26-27H2,1-2H3. The number of rotatable bonds is 14. The minimum atomic E-state index is -0.0883. The smallest absolute Gasteiger partial charge is 0.193 e. The van der Waals surface area contributed by atoms with E-state index in [0.29, 0.717) is 29.1 Å². The number of ketones is 1. The van der Waals surface area contributed by atoms with Crippen LogP contribution in [0.1, 0.15) is 68.3 Å². The molecule has 2 aromatic rings. The van der Waals surface area contributed by atoms with Crippen molar-refractivity contribution in [3.8, 4) is 5.75 Å². The van der Waals surface area contributed by atoms with E-state index < -0.39 is 0 Å². The molecule has 0 saturated heterocycles. The van der Waals surface area contributed by atoms with E-state index in [0.717, 1.165) is 25.1 Å². The van der Waals surface area contributed by atoms with E-state index in [4.69, 9.17) is 16.2 Å². The molecule has 0 heterocycles. The molecule has 30 heavy (non-hydrogen) atoms. The lowest BCUT2D eigenvalue weighted by molar-refractivity contribution is 0.103. The zero-order valence-corrected chi connectivity index (χ0v) is 18.5. The predicted octanol–water partition coefficient (Wildman–Crippen LogP) is 5.14. The molecule has 5 nitrogen and oxygen atoms in total. The number of ether oxygens (including phenoxy) is 1. The first-order valence-electron chi connectivity index (χ1n) is 11.2. The number of nitrogens with two attached hydrogens (primary N) is 2. The van der Waals surface area contributed by atoms with Crippen LogP contribution in [0.5, 0.6) is 5.75 Å². The Morgan fingerprint density at radius 3 is 2.17 bits per heavy atom. The van der Waals surface area contributed by atoms with Crippen molar-refractivity contribution in [2.75, 3.05) is 37.7 Å². The van der Waals surface area contributed by atoms with Gasteiger partial charge in [-0.15, -0.1) is 0 Å². The number of benzene rings is 2. The van der Waals surface area contributed by atoms with Crippen LogP contribution in [0.15, 0.2) is 42.5 Å². The minimum absolute atomic E-state index is 0.0883. The molecule has 0 aliphatic heterocycles. The first-order chi connectivity index (χ1) is 14.5. The fraction of sp³-hybridized carbons (Fsp3) is 0.480. The first kappa shape index (κ1) is 23.7. The van der Waals surface area contributed by atoms with Gasteiger partial charge in [0.1, 0.15) is 5.75 Å². The maximum absolute atomic E-state index is 12.7. The second-order valence-corrected chi connectivity index (χ2v) is 7.80. The van der Waals surface area contributed by atoms with E-state index in [1.54, 1.807) is 30.3 Å². The molecule has 4 N–H and O–H groups in total. The van der Waals surface area contributed by atoms with Gasteiger partial charge in [0, 0.05) is 11.1 Å². The Hall–Kier alpha value is -2.53. The molecule has 0 radical (unpaired) electrons. The lowest BCUT2D eigenvalue weighted by Gasteiger charge is -2.21. The maximum Gasteiger partial charge on any atom is 0.193 e. The highest BCUT2D eigenvalue weighted by atomic mass is 16.5. The van der Waals surface area contributed by atoms with Crippen LogP contribution in [0.3, 0.4) is 0 Å². The zero-order chi connectivity index (χ0) is 21.8. The van der Waals surface area contributed by atoms with Crippen LogP contribution < -0.4 is 16.2 Å². The molecular formula is C25H37N3O2. The molecule has 0 amide bonds. The SMILES string of the molecule is CCCCN(CCCC)CCCCOc1cccc(C(=O)c2ccc(N)c(N)c2)c1. The van der Waals surface area contributed by atoms with Gasteiger partial charge in [-0.2, -0.15) is 0 Å². The van der Waals surface area contributed by atoms with Gasteiger partial charge in [0.15, 0.2) is 5.78 Å². The van der Waals surface area contributed by atoms with Crippen LogP contribution in [-0.4, -0.2) is 36.9 Å². The fourth-order valence-electron chi connectivity index (χ4n) is 3.34. The van der Waals surface area contributed by atoms with Gasteiger partial charge < -0.3 is 21.1 Å². The Morgan fingerprint density at radius 1 is 0.833 bits per heavy atom. The number of anilines is 2. The lowest BCUT2D eigenvalue weighted by atomic mass is 10.0. The van der Waals surface area contributed by atoms with Gasteiger partial charge in [-0.3, -0.25) is 4.79 Å². The number of carbonyl (C=O) groups is 1. The van der Waals surface area contributed by atoms with Crippen molar-refractivity contribution in [1.82, 2.24) is 4.90 Å². The molecule has 0 spiro atoms. The molecule has 164 valence electrons. The van der Waals surface area contributed by atoms with Gasteiger partial charge in [0.05, 0.1) is 18.0 Å². The van der Waals surface area contributed by atoms with Crippen LogP contribution >= 0.6 is 0 Å². The number of carbonyl (C=O) groups excluding carboxylic acids is 1. The normalized spacial score (nSPS) is 11.0. The molecule has 2 aromatic carbocycles. The predicted molar refractivity (Wildman–Crippen MR) is 126 cm³/mol. The summed E-state index contributed by atoms with van der Waals surface area (Å²) in [4.78, 5) is 15.3. The quantitative estimate of drug-likeness (QED) is 0.255. The largest absolute Gasteiger partial charge is 0.494 e. The van der Waals surface area contributed by atoms with Gasteiger partial charge in [0.25, 0.3) is 0 Å². The van der Waals surface area contributed by atoms with E-state index in [1.165, 1.54) is 38.8 Å². The molecule has 0 aliphatic carbocycles. The Balaban J connectivity index is 1.82. The van der Waals surface area contributed by atoms with Crippen LogP contribution in [0, 0.1) is 0 Å². The molecule has 0 atom stereocenters. The van der Waals surface area contributed by atoms with Gasteiger partial charge in [-0.05, 0) is 75.6 Å². The van der Waals surface area contributed by atoms with Crippen LogP contribution in [-0.2, 0) is 0 Å². The van der Waals surface area contributed by atoms with E-state index in [1.807, 2.05) is 12.1 Å². The highest BCUT2D eigenvalue weighted by Crippen LogP contribution is 2.21. The van der Waals surface area contributed by atoms with Crippen molar-refractivity contribution in [3.05, 3.63) is 53.6 Å². The van der Waals surface area contributed by atoms with Gasteiger partial charge in [-0.1, -0.05) is 38.8 Å². The van der Waals surface area contributed by atoms with Crippen LogP contribution in [0.2, 0.25) is 0 Å². The van der Waals surface area contributed by atoms with E-state index in [2.05, 4.69) is 18.7 Å². The van der Waals surface area contributed by atoms with Crippen molar-refractivity contribution in [2.45, 2.75) is 52.4 Å². The Kier molecular flexibility index (Phi) is 10.2. The Labute approximate surface area is 181 Å². The van der Waals surface area contributed by atoms with E-state index in [9.17, 15) is 4.79 Å². The average Bonchev–Trinajstić information content (AvgIpc) is 2.76. The molecule has 0 bridgehead atoms. The van der Waals surface area contributed by atoms with Gasteiger partial charge >= 0.3 is 0 Å². The summed E-state index contributed by atoms with van der Waals surface area (Å²) in [5.41, 5.74) is 13.6. The summed E-state index contributed by atoms with van der Waals surface area (Å²) < 4.78 is 5.90. The van der Waals surface area contributed by atoms with E-state index in [-0.39, 0.29) is 5.78 Å². The van der Waals surface area contributed by atoms with Crippen molar-refractivity contribution in [3.63, 3.8) is 0 Å². The third-order valence-corrected chi connectivity index (χ3v) is 5.24. The highest BCUT2D eigenvalue weighted by Gasteiger charge is 2.11. The third kappa shape index (κ3) is 7.71. The molecule has 0 aromatic heterocycles. The third-order valence-electron chi connectivity index (χ3n) is 5.24. The minimum Gasteiger partial charge on any atom is -0.494 e. The second-order valence-electron chi connectivity index (χ2n) is 7.80. The second kappa shape index (κ2) is 12.9. The Morgan fingerprint density at radius 2 is 1.50 bits per heavy atom.